The SMILES string of the molecule is Cc1ccc(OCC(=O)NC23CC(CC(=O)[C@H]4CC(O)c5cc(F)c(Cl)cc5O4)(C2)C3)cc1F. The zero-order valence-corrected chi connectivity index (χ0v) is 19.3. The monoisotopic (exact) mass is 491 g/mol. The highest BCUT2D eigenvalue weighted by Gasteiger charge is 2.68. The van der Waals surface area contributed by atoms with Crippen LogP contribution in [0.4, 0.5) is 8.78 Å². The highest BCUT2D eigenvalue weighted by atomic mass is 35.5. The summed E-state index contributed by atoms with van der Waals surface area (Å²) < 4.78 is 38.4. The molecule has 2 aromatic rings. The summed E-state index contributed by atoms with van der Waals surface area (Å²) in [6, 6.07) is 6.87. The van der Waals surface area contributed by atoms with Crippen molar-refractivity contribution in [1.29, 1.82) is 0 Å². The summed E-state index contributed by atoms with van der Waals surface area (Å²) in [7, 11) is 0. The molecule has 2 atom stereocenters. The summed E-state index contributed by atoms with van der Waals surface area (Å²) in [5.74, 6) is -0.950. The molecule has 0 aromatic heterocycles. The van der Waals surface area contributed by atoms with E-state index in [9.17, 15) is 23.5 Å². The number of ketones is 1. The molecule has 6 nitrogen and oxygen atoms in total. The Kier molecular flexibility index (Phi) is 5.56. The van der Waals surface area contributed by atoms with Gasteiger partial charge in [0.25, 0.3) is 5.91 Å². The molecule has 0 spiro atoms. The first-order valence-electron chi connectivity index (χ1n) is 11.1. The first kappa shape index (κ1) is 23.1. The van der Waals surface area contributed by atoms with Crippen LogP contribution in [0.1, 0.15) is 49.3 Å². The summed E-state index contributed by atoms with van der Waals surface area (Å²) in [6.07, 6.45) is 0.545. The van der Waals surface area contributed by atoms with Crippen LogP contribution < -0.4 is 14.8 Å². The third-order valence-electron chi connectivity index (χ3n) is 7.08. The second kappa shape index (κ2) is 8.20. The van der Waals surface area contributed by atoms with Crippen LogP contribution in [-0.4, -0.2) is 35.0 Å². The number of halogens is 3. The molecule has 1 aliphatic heterocycles. The van der Waals surface area contributed by atoms with Gasteiger partial charge in [-0.3, -0.25) is 9.59 Å². The molecular weight excluding hydrogens is 468 g/mol. The van der Waals surface area contributed by atoms with Gasteiger partial charge in [0.05, 0.1) is 11.1 Å². The van der Waals surface area contributed by atoms with Gasteiger partial charge in [-0.05, 0) is 49.3 Å². The van der Waals surface area contributed by atoms with E-state index in [4.69, 9.17) is 21.1 Å². The predicted molar refractivity (Wildman–Crippen MR) is 119 cm³/mol. The van der Waals surface area contributed by atoms with Crippen LogP contribution in [0.3, 0.4) is 0 Å². The minimum Gasteiger partial charge on any atom is -0.484 e. The van der Waals surface area contributed by atoms with Crippen LogP contribution in [0.2, 0.25) is 5.02 Å². The van der Waals surface area contributed by atoms with E-state index < -0.39 is 23.8 Å². The zero-order valence-electron chi connectivity index (χ0n) is 18.5. The Morgan fingerprint density at radius 3 is 2.65 bits per heavy atom. The molecule has 4 aliphatic rings. The van der Waals surface area contributed by atoms with Crippen molar-refractivity contribution < 1.29 is 33.0 Å². The number of carbonyl (C=O) groups excluding carboxylic acids is 2. The van der Waals surface area contributed by atoms with Gasteiger partial charge in [-0.25, -0.2) is 8.78 Å². The quantitative estimate of drug-likeness (QED) is 0.606. The number of amides is 1. The number of carbonyl (C=O) groups is 2. The lowest BCUT2D eigenvalue weighted by molar-refractivity contribution is -0.175. The standard InChI is InChI=1S/C25H24ClF2NO5/c1-13-2-3-14(4-17(13)27)33-9-23(32)29-25-10-24(11-25,12-25)8-20(31)22-7-19(30)15-5-18(28)16(26)6-21(15)34-22/h2-6,19,22,30H,7-12H2,1H3,(H,29,32)/t19?,22-,24?,25?/m1/s1. The predicted octanol–water partition coefficient (Wildman–Crippen LogP) is 4.19. The number of Topliss-reactive ketones (excluding diaryl/α,β-unsaturated/α-hetero) is 1. The number of hydrogen-bond donors (Lipinski definition) is 2. The van der Waals surface area contributed by atoms with Gasteiger partial charge in [-0.2, -0.15) is 0 Å². The Morgan fingerprint density at radius 2 is 1.94 bits per heavy atom. The molecule has 180 valence electrons. The lowest BCUT2D eigenvalue weighted by Crippen LogP contribution is -2.75. The van der Waals surface area contributed by atoms with E-state index in [0.29, 0.717) is 24.8 Å². The van der Waals surface area contributed by atoms with Crippen LogP contribution in [0.5, 0.6) is 11.5 Å². The number of aliphatic hydroxyl groups excluding tert-OH is 1. The number of nitrogens with one attached hydrogen (secondary N) is 1. The molecule has 3 aliphatic carbocycles. The van der Waals surface area contributed by atoms with Crippen molar-refractivity contribution >= 4 is 23.3 Å². The van der Waals surface area contributed by atoms with Crippen LogP contribution in [0.25, 0.3) is 0 Å². The lowest BCUT2D eigenvalue weighted by atomic mass is 9.38. The summed E-state index contributed by atoms with van der Waals surface area (Å²) >= 11 is 5.81. The molecule has 34 heavy (non-hydrogen) atoms. The van der Waals surface area contributed by atoms with Crippen LogP contribution in [0.15, 0.2) is 30.3 Å². The molecule has 6 rings (SSSR count). The van der Waals surface area contributed by atoms with Crippen LogP contribution in [0, 0.1) is 24.0 Å². The molecule has 0 radical (unpaired) electrons. The number of benzene rings is 2. The van der Waals surface area contributed by atoms with Crippen molar-refractivity contribution in [3.63, 3.8) is 0 Å². The lowest BCUT2D eigenvalue weighted by Gasteiger charge is -2.70. The smallest absolute Gasteiger partial charge is 0.258 e. The summed E-state index contributed by atoms with van der Waals surface area (Å²) in [5.41, 5.74) is 0.277. The first-order valence-corrected chi connectivity index (χ1v) is 11.5. The number of hydrogen-bond acceptors (Lipinski definition) is 5. The molecular formula is C25H24ClF2NO5. The Balaban J connectivity index is 1.11. The van der Waals surface area contributed by atoms with Crippen LogP contribution >= 0.6 is 11.6 Å². The maximum absolute atomic E-state index is 13.7. The van der Waals surface area contributed by atoms with Gasteiger partial charge in [0.2, 0.25) is 0 Å². The fourth-order valence-electron chi connectivity index (χ4n) is 5.58. The fraction of sp³-hybridized carbons (Fsp3) is 0.440. The Morgan fingerprint density at radius 1 is 1.21 bits per heavy atom. The number of aliphatic hydroxyl groups is 1. The average molecular weight is 492 g/mol. The Labute approximate surface area is 200 Å². The number of ether oxygens (including phenoxy) is 2. The second-order valence-corrected chi connectivity index (χ2v) is 10.3. The van der Waals surface area contributed by atoms with Gasteiger partial charge in [-0.1, -0.05) is 17.7 Å². The van der Waals surface area contributed by atoms with Gasteiger partial charge in [-0.15, -0.1) is 0 Å². The molecule has 1 heterocycles. The van der Waals surface area contributed by atoms with Crippen molar-refractivity contribution in [3.8, 4) is 11.5 Å². The third-order valence-corrected chi connectivity index (χ3v) is 7.37. The zero-order chi connectivity index (χ0) is 24.3. The van der Waals surface area contributed by atoms with E-state index in [1.165, 1.54) is 12.1 Å². The summed E-state index contributed by atoms with van der Waals surface area (Å²) in [4.78, 5) is 25.2. The molecule has 9 heteroatoms. The first-order chi connectivity index (χ1) is 16.1. The van der Waals surface area contributed by atoms with Gasteiger partial charge in [0.15, 0.2) is 18.5 Å². The topological polar surface area (TPSA) is 84.9 Å². The van der Waals surface area contributed by atoms with Crippen molar-refractivity contribution in [2.24, 2.45) is 5.41 Å². The molecule has 2 bridgehead atoms. The van der Waals surface area contributed by atoms with E-state index in [-0.39, 0.29) is 64.2 Å². The largest absolute Gasteiger partial charge is 0.484 e. The molecule has 1 unspecified atom stereocenters. The Bertz CT molecular complexity index is 1170. The summed E-state index contributed by atoms with van der Waals surface area (Å²) in [6.45, 7) is 1.43. The van der Waals surface area contributed by atoms with Crippen LogP contribution in [-0.2, 0) is 9.59 Å². The van der Waals surface area contributed by atoms with E-state index in [0.717, 1.165) is 6.07 Å². The number of rotatable bonds is 7. The highest BCUT2D eigenvalue weighted by Crippen LogP contribution is 2.69. The van der Waals surface area contributed by atoms with Gasteiger partial charge < -0.3 is 19.9 Å². The molecule has 3 saturated carbocycles. The second-order valence-electron chi connectivity index (χ2n) is 9.86. The Hall–Kier alpha value is -2.71. The maximum Gasteiger partial charge on any atom is 0.258 e. The number of aryl methyl sites for hydroxylation is 1. The van der Waals surface area contributed by atoms with Gasteiger partial charge >= 0.3 is 0 Å². The van der Waals surface area contributed by atoms with Gasteiger partial charge in [0.1, 0.15) is 23.1 Å². The average Bonchev–Trinajstić information content (AvgIpc) is 2.73. The molecule has 0 saturated heterocycles. The maximum atomic E-state index is 13.7. The van der Waals surface area contributed by atoms with Gasteiger partial charge in [0, 0.05) is 36.1 Å². The fourth-order valence-corrected chi connectivity index (χ4v) is 5.73. The van der Waals surface area contributed by atoms with Crippen molar-refractivity contribution in [2.75, 3.05) is 6.61 Å². The third kappa shape index (κ3) is 4.14. The van der Waals surface area contributed by atoms with Crippen molar-refractivity contribution in [3.05, 3.63) is 58.1 Å². The van der Waals surface area contributed by atoms with E-state index in [1.807, 2.05) is 0 Å². The van der Waals surface area contributed by atoms with Crippen molar-refractivity contribution in [1.82, 2.24) is 5.32 Å². The minimum absolute atomic E-state index is 0.0573. The minimum atomic E-state index is -1.01. The van der Waals surface area contributed by atoms with E-state index in [1.54, 1.807) is 19.1 Å². The summed E-state index contributed by atoms with van der Waals surface area (Å²) in [5, 5.41) is 13.2. The van der Waals surface area contributed by atoms with E-state index >= 15 is 0 Å². The highest BCUT2D eigenvalue weighted by molar-refractivity contribution is 6.30. The normalized spacial score (nSPS) is 28.6. The van der Waals surface area contributed by atoms with E-state index in [2.05, 4.69) is 5.32 Å². The molecule has 3 fully saturated rings. The molecule has 1 amide bonds. The molecule has 2 N–H and O–H groups in total. The molecule has 2 aromatic carbocycles. The number of fused-ring (bicyclic) bond motifs is 1. The van der Waals surface area contributed by atoms with Crippen molar-refractivity contribution in [2.45, 2.75) is 56.8 Å².